The van der Waals surface area contributed by atoms with Gasteiger partial charge in [0.15, 0.2) is 0 Å². The second-order valence-electron chi connectivity index (χ2n) is 5.25. The molecule has 1 saturated heterocycles. The van der Waals surface area contributed by atoms with E-state index in [9.17, 15) is 0 Å². The van der Waals surface area contributed by atoms with E-state index in [0.29, 0.717) is 0 Å². The minimum absolute atomic E-state index is 0.795. The maximum absolute atomic E-state index is 5.75. The summed E-state index contributed by atoms with van der Waals surface area (Å²) >= 11 is 5.75. The molecule has 1 rings (SSSR count). The molecule has 1 heterocycles. The molecule has 1 fully saturated rings. The van der Waals surface area contributed by atoms with Crippen molar-refractivity contribution in [3.8, 4) is 0 Å². The Kier molecular flexibility index (Phi) is 6.67. The molecule has 0 aromatic heterocycles. The summed E-state index contributed by atoms with van der Waals surface area (Å²) < 4.78 is 0. The second kappa shape index (κ2) is 7.51. The lowest BCUT2D eigenvalue weighted by Crippen LogP contribution is -2.27. The summed E-state index contributed by atoms with van der Waals surface area (Å²) in [6.45, 7) is 8.62. The van der Waals surface area contributed by atoms with Crippen molar-refractivity contribution in [2.45, 2.75) is 46.0 Å². The Morgan fingerprint density at radius 1 is 1.27 bits per heavy atom. The summed E-state index contributed by atoms with van der Waals surface area (Å²) in [6, 6.07) is 0. The first kappa shape index (κ1) is 13.3. The number of nitrogens with zero attached hydrogens (tertiary/aromatic N) is 1. The molecule has 0 N–H and O–H groups in total. The Balaban J connectivity index is 2.14. The Bertz CT molecular complexity index is 161. The van der Waals surface area contributed by atoms with Crippen molar-refractivity contribution in [2.75, 3.05) is 25.5 Å². The summed E-state index contributed by atoms with van der Waals surface area (Å²) in [5, 5.41) is 0. The van der Waals surface area contributed by atoms with E-state index < -0.39 is 0 Å². The fourth-order valence-electron chi connectivity index (χ4n) is 2.28. The molecule has 0 aliphatic carbocycles. The smallest absolute Gasteiger partial charge is 0.0225 e. The fourth-order valence-corrected chi connectivity index (χ4v) is 2.65. The van der Waals surface area contributed by atoms with Crippen LogP contribution in [0.2, 0.25) is 0 Å². The number of likely N-dealkylation sites (tertiary alicyclic amines) is 1. The van der Waals surface area contributed by atoms with Crippen molar-refractivity contribution in [1.29, 1.82) is 0 Å². The van der Waals surface area contributed by atoms with Gasteiger partial charge >= 0.3 is 0 Å². The number of rotatable bonds is 5. The highest BCUT2D eigenvalue weighted by Crippen LogP contribution is 2.17. The molecule has 1 aliphatic heterocycles. The molecule has 0 radical (unpaired) electrons. The third-order valence-corrected chi connectivity index (χ3v) is 3.87. The van der Waals surface area contributed by atoms with Gasteiger partial charge in [0.05, 0.1) is 0 Å². The lowest BCUT2D eigenvalue weighted by Gasteiger charge is -2.21. The van der Waals surface area contributed by atoms with E-state index >= 15 is 0 Å². The highest BCUT2D eigenvalue weighted by molar-refractivity contribution is 6.17. The molecule has 0 aromatic carbocycles. The standard InChI is InChI=1S/C13H26ClN/c1-12-4-3-9-15(10-6-12)11-7-13(2)5-8-14/h12-13H,3-11H2,1-2H3. The van der Waals surface area contributed by atoms with Crippen LogP contribution in [0.1, 0.15) is 46.0 Å². The monoisotopic (exact) mass is 231 g/mol. The van der Waals surface area contributed by atoms with E-state index in [2.05, 4.69) is 18.7 Å². The molecule has 2 heteroatoms. The third-order valence-electron chi connectivity index (χ3n) is 3.65. The average molecular weight is 232 g/mol. The van der Waals surface area contributed by atoms with Crippen molar-refractivity contribution in [1.82, 2.24) is 4.90 Å². The van der Waals surface area contributed by atoms with Crippen LogP contribution in [0, 0.1) is 11.8 Å². The van der Waals surface area contributed by atoms with Crippen LogP contribution in [0.4, 0.5) is 0 Å². The summed E-state index contributed by atoms with van der Waals surface area (Å²) in [6.07, 6.45) is 6.70. The van der Waals surface area contributed by atoms with Crippen molar-refractivity contribution in [2.24, 2.45) is 11.8 Å². The van der Waals surface area contributed by atoms with Gasteiger partial charge < -0.3 is 4.90 Å². The van der Waals surface area contributed by atoms with Crippen LogP contribution in [-0.2, 0) is 0 Å². The molecule has 0 bridgehead atoms. The highest BCUT2D eigenvalue weighted by Gasteiger charge is 2.14. The molecule has 0 saturated carbocycles. The fraction of sp³-hybridized carbons (Fsp3) is 1.00. The zero-order valence-corrected chi connectivity index (χ0v) is 11.1. The first-order chi connectivity index (χ1) is 7.22. The summed E-state index contributed by atoms with van der Waals surface area (Å²) in [7, 11) is 0. The van der Waals surface area contributed by atoms with Gasteiger partial charge in [-0.05, 0) is 63.6 Å². The van der Waals surface area contributed by atoms with Gasteiger partial charge in [-0.2, -0.15) is 0 Å². The van der Waals surface area contributed by atoms with Crippen LogP contribution >= 0.6 is 11.6 Å². The number of hydrogen-bond acceptors (Lipinski definition) is 1. The van der Waals surface area contributed by atoms with Gasteiger partial charge in [0.25, 0.3) is 0 Å². The van der Waals surface area contributed by atoms with Crippen LogP contribution in [0.5, 0.6) is 0 Å². The SMILES string of the molecule is CC(CCCl)CCN1CCCC(C)CC1. The van der Waals surface area contributed by atoms with E-state index in [1.165, 1.54) is 51.7 Å². The van der Waals surface area contributed by atoms with Crippen molar-refractivity contribution in [3.63, 3.8) is 0 Å². The molecule has 0 spiro atoms. The van der Waals surface area contributed by atoms with Crippen molar-refractivity contribution in [3.05, 3.63) is 0 Å². The maximum Gasteiger partial charge on any atom is 0.0225 e. The molecular formula is C13H26ClN. The number of halogens is 1. The van der Waals surface area contributed by atoms with Crippen LogP contribution in [0.25, 0.3) is 0 Å². The molecule has 90 valence electrons. The summed E-state index contributed by atoms with van der Waals surface area (Å²) in [5.74, 6) is 2.55. The predicted octanol–water partition coefficient (Wildman–Crippen LogP) is 3.76. The van der Waals surface area contributed by atoms with Crippen LogP contribution in [0.3, 0.4) is 0 Å². The molecule has 0 aromatic rings. The molecule has 2 atom stereocenters. The van der Waals surface area contributed by atoms with Crippen molar-refractivity contribution >= 4 is 11.6 Å². The van der Waals surface area contributed by atoms with Crippen LogP contribution in [0.15, 0.2) is 0 Å². The lowest BCUT2D eigenvalue weighted by molar-refractivity contribution is 0.260. The average Bonchev–Trinajstić information content (AvgIpc) is 2.41. The predicted molar refractivity (Wildman–Crippen MR) is 68.6 cm³/mol. The third kappa shape index (κ3) is 5.77. The second-order valence-corrected chi connectivity index (χ2v) is 5.63. The molecule has 15 heavy (non-hydrogen) atoms. The maximum atomic E-state index is 5.75. The first-order valence-electron chi connectivity index (χ1n) is 6.50. The molecule has 2 unspecified atom stereocenters. The normalized spacial score (nSPS) is 26.2. The highest BCUT2D eigenvalue weighted by atomic mass is 35.5. The van der Waals surface area contributed by atoms with Gasteiger partial charge in [-0.25, -0.2) is 0 Å². The Morgan fingerprint density at radius 3 is 2.80 bits per heavy atom. The van der Waals surface area contributed by atoms with Gasteiger partial charge in [-0.15, -0.1) is 11.6 Å². The van der Waals surface area contributed by atoms with E-state index in [0.717, 1.165) is 17.7 Å². The minimum Gasteiger partial charge on any atom is -0.303 e. The van der Waals surface area contributed by atoms with Gasteiger partial charge in [-0.3, -0.25) is 0 Å². The summed E-state index contributed by atoms with van der Waals surface area (Å²) in [5.41, 5.74) is 0. The zero-order chi connectivity index (χ0) is 11.1. The Morgan fingerprint density at radius 2 is 2.07 bits per heavy atom. The summed E-state index contributed by atoms with van der Waals surface area (Å²) in [4.78, 5) is 2.65. The quantitative estimate of drug-likeness (QED) is 0.652. The molecule has 1 aliphatic rings. The van der Waals surface area contributed by atoms with Gasteiger partial charge in [-0.1, -0.05) is 13.8 Å². The van der Waals surface area contributed by atoms with Gasteiger partial charge in [0, 0.05) is 5.88 Å². The molecule has 0 amide bonds. The van der Waals surface area contributed by atoms with Gasteiger partial charge in [0.1, 0.15) is 0 Å². The van der Waals surface area contributed by atoms with Gasteiger partial charge in [0.2, 0.25) is 0 Å². The van der Waals surface area contributed by atoms with E-state index in [1.54, 1.807) is 0 Å². The van der Waals surface area contributed by atoms with E-state index in [4.69, 9.17) is 11.6 Å². The minimum atomic E-state index is 0.795. The Labute approximate surface area is 100 Å². The molecule has 1 nitrogen and oxygen atoms in total. The largest absolute Gasteiger partial charge is 0.303 e. The van der Waals surface area contributed by atoms with Crippen LogP contribution in [-0.4, -0.2) is 30.4 Å². The first-order valence-corrected chi connectivity index (χ1v) is 7.04. The number of hydrogen-bond donors (Lipinski definition) is 0. The van der Waals surface area contributed by atoms with E-state index in [1.807, 2.05) is 0 Å². The zero-order valence-electron chi connectivity index (χ0n) is 10.3. The van der Waals surface area contributed by atoms with Crippen LogP contribution < -0.4 is 0 Å². The Hall–Kier alpha value is 0.250. The topological polar surface area (TPSA) is 3.24 Å². The molecular weight excluding hydrogens is 206 g/mol. The van der Waals surface area contributed by atoms with E-state index in [-0.39, 0.29) is 0 Å². The lowest BCUT2D eigenvalue weighted by atomic mass is 10.0. The number of alkyl halides is 1. The van der Waals surface area contributed by atoms with Crippen molar-refractivity contribution < 1.29 is 0 Å².